The molecular weight excluding hydrogens is 247 g/mol. The summed E-state index contributed by atoms with van der Waals surface area (Å²) in [7, 11) is 0. The summed E-state index contributed by atoms with van der Waals surface area (Å²) >= 11 is 1.03. The standard InChI is InChI=1S/C8H9FN2O3S.C2H4/c1-4(2)6(12)11-8-10-5(3-15-8)7(13)14-9;1-2/h3-4H,1-2H3,(H,10,11,12);1-2H2. The van der Waals surface area contributed by atoms with Crippen LogP contribution in [-0.4, -0.2) is 16.9 Å². The molecule has 0 aliphatic carbocycles. The van der Waals surface area contributed by atoms with Crippen molar-refractivity contribution >= 4 is 28.3 Å². The van der Waals surface area contributed by atoms with Gasteiger partial charge in [-0.2, -0.15) is 0 Å². The Hall–Kier alpha value is -1.76. The number of halogens is 1. The lowest BCUT2D eigenvalue weighted by Crippen LogP contribution is -2.17. The molecule has 0 saturated carbocycles. The molecule has 1 rings (SSSR count). The molecule has 1 aromatic heterocycles. The average molecular weight is 260 g/mol. The van der Waals surface area contributed by atoms with Gasteiger partial charge in [-0.1, -0.05) is 13.8 Å². The van der Waals surface area contributed by atoms with Crippen molar-refractivity contribution in [1.82, 2.24) is 4.98 Å². The Morgan fingerprint density at radius 3 is 2.59 bits per heavy atom. The molecule has 1 heterocycles. The Morgan fingerprint density at radius 2 is 2.12 bits per heavy atom. The van der Waals surface area contributed by atoms with Crippen LogP contribution in [0.5, 0.6) is 0 Å². The van der Waals surface area contributed by atoms with E-state index in [-0.39, 0.29) is 22.7 Å². The summed E-state index contributed by atoms with van der Waals surface area (Å²) in [4.78, 5) is 28.6. The Labute approximate surface area is 102 Å². The molecule has 0 saturated heterocycles. The maximum Gasteiger partial charge on any atom is 0.398 e. The maximum absolute atomic E-state index is 11.5. The monoisotopic (exact) mass is 260 g/mol. The molecular formula is C10H13FN2O3S. The van der Waals surface area contributed by atoms with Gasteiger partial charge in [0.1, 0.15) is 0 Å². The van der Waals surface area contributed by atoms with Gasteiger partial charge in [-0.15, -0.1) is 24.5 Å². The van der Waals surface area contributed by atoms with Crippen LogP contribution >= 0.6 is 11.3 Å². The van der Waals surface area contributed by atoms with Crippen LogP contribution in [-0.2, 0) is 9.74 Å². The van der Waals surface area contributed by atoms with Gasteiger partial charge in [0.2, 0.25) is 5.91 Å². The van der Waals surface area contributed by atoms with Crippen LogP contribution in [0.4, 0.5) is 9.66 Å². The number of rotatable bonds is 3. The third-order valence-electron chi connectivity index (χ3n) is 1.54. The zero-order valence-corrected chi connectivity index (χ0v) is 10.3. The van der Waals surface area contributed by atoms with Gasteiger partial charge in [0.15, 0.2) is 10.8 Å². The van der Waals surface area contributed by atoms with E-state index < -0.39 is 5.97 Å². The Bertz CT molecular complexity index is 393. The number of carbonyl (C=O) groups is 2. The lowest BCUT2D eigenvalue weighted by atomic mass is 10.2. The molecule has 0 unspecified atom stereocenters. The van der Waals surface area contributed by atoms with E-state index in [1.54, 1.807) is 13.8 Å². The molecule has 7 heteroatoms. The summed E-state index contributed by atoms with van der Waals surface area (Å²) in [6, 6.07) is 0. The van der Waals surface area contributed by atoms with E-state index in [2.05, 4.69) is 28.4 Å². The van der Waals surface area contributed by atoms with Gasteiger partial charge < -0.3 is 5.32 Å². The molecule has 0 atom stereocenters. The first-order valence-electron chi connectivity index (χ1n) is 4.64. The number of carbonyl (C=O) groups excluding carboxylic acids is 2. The van der Waals surface area contributed by atoms with Gasteiger partial charge in [0, 0.05) is 15.8 Å². The molecule has 0 aliphatic heterocycles. The first kappa shape index (κ1) is 15.2. The molecule has 0 radical (unpaired) electrons. The predicted molar refractivity (Wildman–Crippen MR) is 63.4 cm³/mol. The molecule has 94 valence electrons. The summed E-state index contributed by atoms with van der Waals surface area (Å²) in [5.41, 5.74) is -0.165. The minimum Gasteiger partial charge on any atom is -0.302 e. The summed E-state index contributed by atoms with van der Waals surface area (Å²) in [5.74, 6) is -1.58. The highest BCUT2D eigenvalue weighted by atomic mass is 32.1. The van der Waals surface area contributed by atoms with Crippen LogP contribution in [0, 0.1) is 5.92 Å². The number of anilines is 1. The molecule has 1 amide bonds. The Kier molecular flexibility index (Phi) is 6.73. The van der Waals surface area contributed by atoms with Gasteiger partial charge in [0.05, 0.1) is 0 Å². The van der Waals surface area contributed by atoms with Gasteiger partial charge in [-0.05, 0) is 0 Å². The van der Waals surface area contributed by atoms with Crippen molar-refractivity contribution in [1.29, 1.82) is 0 Å². The fraction of sp³-hybridized carbons (Fsp3) is 0.300. The zero-order valence-electron chi connectivity index (χ0n) is 9.53. The predicted octanol–water partition coefficient (Wildman–Crippen LogP) is 2.58. The topological polar surface area (TPSA) is 68.3 Å². The minimum atomic E-state index is -1.17. The van der Waals surface area contributed by atoms with Gasteiger partial charge in [-0.3, -0.25) is 4.79 Å². The van der Waals surface area contributed by atoms with E-state index >= 15 is 0 Å². The minimum absolute atomic E-state index is 0.165. The first-order valence-corrected chi connectivity index (χ1v) is 5.52. The van der Waals surface area contributed by atoms with Crippen molar-refractivity contribution < 1.29 is 19.1 Å². The Balaban J connectivity index is 0.00000121. The normalized spacial score (nSPS) is 9.18. The molecule has 0 spiro atoms. The largest absolute Gasteiger partial charge is 0.398 e. The second-order valence-corrected chi connectivity index (χ2v) is 3.90. The van der Waals surface area contributed by atoms with E-state index in [0.29, 0.717) is 0 Å². The van der Waals surface area contributed by atoms with E-state index in [1.807, 2.05) is 0 Å². The van der Waals surface area contributed by atoms with Crippen molar-refractivity contribution in [2.75, 3.05) is 5.32 Å². The SMILES string of the molecule is C=C.CC(C)C(=O)Nc1nc(C(=O)OF)cs1. The number of thiazole rings is 1. The highest BCUT2D eigenvalue weighted by Crippen LogP contribution is 2.16. The Morgan fingerprint density at radius 1 is 1.53 bits per heavy atom. The number of hydrogen-bond donors (Lipinski definition) is 1. The second-order valence-electron chi connectivity index (χ2n) is 3.05. The molecule has 0 aliphatic rings. The summed E-state index contributed by atoms with van der Waals surface area (Å²) in [6.45, 7) is 9.44. The average Bonchev–Trinajstić information content (AvgIpc) is 2.79. The van der Waals surface area contributed by atoms with Gasteiger partial charge in [-0.25, -0.2) is 14.7 Å². The van der Waals surface area contributed by atoms with Crippen LogP contribution in [0.2, 0.25) is 0 Å². The van der Waals surface area contributed by atoms with Crippen LogP contribution in [0.3, 0.4) is 0 Å². The van der Waals surface area contributed by atoms with Crippen LogP contribution in [0.25, 0.3) is 0 Å². The van der Waals surface area contributed by atoms with Crippen molar-refractivity contribution in [3.8, 4) is 0 Å². The second kappa shape index (κ2) is 7.50. The number of amides is 1. The van der Waals surface area contributed by atoms with Crippen LogP contribution < -0.4 is 5.32 Å². The molecule has 0 bridgehead atoms. The van der Waals surface area contributed by atoms with Crippen molar-refractivity contribution in [3.05, 3.63) is 24.2 Å². The zero-order chi connectivity index (χ0) is 13.4. The van der Waals surface area contributed by atoms with Gasteiger partial charge in [0.25, 0.3) is 0 Å². The highest BCUT2D eigenvalue weighted by Gasteiger charge is 2.15. The number of aromatic nitrogens is 1. The summed E-state index contributed by atoms with van der Waals surface area (Å²) in [5, 5.41) is 4.03. The van der Waals surface area contributed by atoms with Crippen LogP contribution in [0.15, 0.2) is 18.5 Å². The third kappa shape index (κ3) is 4.73. The fourth-order valence-corrected chi connectivity index (χ4v) is 1.40. The van der Waals surface area contributed by atoms with Crippen LogP contribution in [0.1, 0.15) is 24.3 Å². The summed E-state index contributed by atoms with van der Waals surface area (Å²) in [6.07, 6.45) is 0. The van der Waals surface area contributed by atoms with Crippen molar-refractivity contribution in [2.24, 2.45) is 5.92 Å². The maximum atomic E-state index is 11.5. The van der Waals surface area contributed by atoms with Crippen molar-refractivity contribution in [2.45, 2.75) is 13.8 Å². The third-order valence-corrected chi connectivity index (χ3v) is 2.30. The first-order chi connectivity index (χ1) is 8.04. The lowest BCUT2D eigenvalue weighted by molar-refractivity contribution is -0.118. The van der Waals surface area contributed by atoms with Crippen molar-refractivity contribution in [3.63, 3.8) is 0 Å². The number of nitrogens with one attached hydrogen (secondary N) is 1. The molecule has 0 aromatic carbocycles. The van der Waals surface area contributed by atoms with E-state index in [4.69, 9.17) is 0 Å². The lowest BCUT2D eigenvalue weighted by Gasteiger charge is -2.02. The quantitative estimate of drug-likeness (QED) is 0.848. The molecule has 1 aromatic rings. The van der Waals surface area contributed by atoms with E-state index in [1.165, 1.54) is 5.38 Å². The molecule has 1 N–H and O–H groups in total. The van der Waals surface area contributed by atoms with E-state index in [9.17, 15) is 14.1 Å². The molecule has 5 nitrogen and oxygen atoms in total. The highest BCUT2D eigenvalue weighted by molar-refractivity contribution is 7.14. The van der Waals surface area contributed by atoms with E-state index in [0.717, 1.165) is 11.3 Å². The molecule has 0 fully saturated rings. The fourth-order valence-electron chi connectivity index (χ4n) is 0.714. The number of nitrogens with zero attached hydrogens (tertiary/aromatic N) is 1. The molecule has 17 heavy (non-hydrogen) atoms. The smallest absolute Gasteiger partial charge is 0.302 e. The number of hydrogen-bond acceptors (Lipinski definition) is 5. The van der Waals surface area contributed by atoms with Gasteiger partial charge >= 0.3 is 5.97 Å². The summed E-state index contributed by atoms with van der Waals surface area (Å²) < 4.78 is 11.5.